The van der Waals surface area contributed by atoms with Crippen molar-refractivity contribution in [3.63, 3.8) is 0 Å². The minimum atomic E-state index is -0.436. The second-order valence-electron chi connectivity index (χ2n) is 7.08. The van der Waals surface area contributed by atoms with Crippen LogP contribution in [0.4, 0.5) is 10.2 Å². The van der Waals surface area contributed by atoms with E-state index in [0.29, 0.717) is 38.7 Å². The molecule has 1 N–H and O–H groups in total. The summed E-state index contributed by atoms with van der Waals surface area (Å²) in [6, 6.07) is 12.5. The van der Waals surface area contributed by atoms with E-state index in [9.17, 15) is 9.18 Å². The molecule has 0 aliphatic carbocycles. The van der Waals surface area contributed by atoms with Crippen molar-refractivity contribution in [3.05, 3.63) is 92.6 Å². The van der Waals surface area contributed by atoms with Gasteiger partial charge in [-0.2, -0.15) is 10.2 Å². The van der Waals surface area contributed by atoms with Gasteiger partial charge in [0.05, 0.1) is 16.6 Å². The Hall–Kier alpha value is -3.07. The number of anilines is 1. The Morgan fingerprint density at radius 3 is 2.55 bits per heavy atom. The normalized spacial score (nSPS) is 10.9. The van der Waals surface area contributed by atoms with Crippen LogP contribution in [0.5, 0.6) is 5.75 Å². The van der Waals surface area contributed by atoms with E-state index in [1.165, 1.54) is 16.8 Å². The Morgan fingerprint density at radius 1 is 1.06 bits per heavy atom. The molecule has 33 heavy (non-hydrogen) atoms. The Balaban J connectivity index is 1.40. The molecule has 2 aromatic heterocycles. The van der Waals surface area contributed by atoms with Crippen molar-refractivity contribution in [2.45, 2.75) is 20.2 Å². The van der Waals surface area contributed by atoms with Gasteiger partial charge in [-0.3, -0.25) is 9.48 Å². The molecule has 0 spiro atoms. The minimum absolute atomic E-state index is 0.0168. The fourth-order valence-electron chi connectivity index (χ4n) is 3.03. The number of para-hydroxylation sites is 1. The van der Waals surface area contributed by atoms with Crippen molar-refractivity contribution in [2.75, 3.05) is 5.32 Å². The number of amides is 1. The summed E-state index contributed by atoms with van der Waals surface area (Å²) in [6.07, 6.45) is 1.60. The van der Waals surface area contributed by atoms with Crippen LogP contribution in [0.3, 0.4) is 0 Å². The average molecular weight is 509 g/mol. The predicted molar refractivity (Wildman–Crippen MR) is 125 cm³/mol. The zero-order valence-electron chi connectivity index (χ0n) is 17.2. The van der Waals surface area contributed by atoms with Crippen LogP contribution in [0.15, 0.2) is 54.7 Å². The van der Waals surface area contributed by atoms with E-state index in [-0.39, 0.29) is 12.4 Å². The van der Waals surface area contributed by atoms with E-state index in [0.717, 1.165) is 5.69 Å². The van der Waals surface area contributed by atoms with Gasteiger partial charge in [0.25, 0.3) is 5.91 Å². The summed E-state index contributed by atoms with van der Waals surface area (Å²) in [4.78, 5) is 12.6. The molecule has 0 radical (unpaired) electrons. The van der Waals surface area contributed by atoms with E-state index >= 15 is 0 Å². The molecule has 2 aromatic carbocycles. The molecule has 0 fully saturated rings. The minimum Gasteiger partial charge on any atom is -0.468 e. The largest absolute Gasteiger partial charge is 0.468 e. The van der Waals surface area contributed by atoms with Crippen LogP contribution in [0.2, 0.25) is 15.1 Å². The molecule has 0 atom stereocenters. The number of carbonyl (C=O) groups excluding carboxylic acids is 1. The third-order valence-corrected chi connectivity index (χ3v) is 5.64. The number of benzene rings is 2. The first-order valence-corrected chi connectivity index (χ1v) is 10.8. The van der Waals surface area contributed by atoms with Crippen molar-refractivity contribution in [1.82, 2.24) is 19.6 Å². The van der Waals surface area contributed by atoms with E-state index in [1.54, 1.807) is 47.3 Å². The van der Waals surface area contributed by atoms with Gasteiger partial charge in [-0.1, -0.05) is 46.9 Å². The van der Waals surface area contributed by atoms with E-state index in [2.05, 4.69) is 15.5 Å². The van der Waals surface area contributed by atoms with Gasteiger partial charge >= 0.3 is 0 Å². The predicted octanol–water partition coefficient (Wildman–Crippen LogP) is 5.82. The molecular formula is C22H17Cl3FN5O2. The molecule has 2 heterocycles. The molecule has 0 aliphatic rings. The summed E-state index contributed by atoms with van der Waals surface area (Å²) in [5.74, 6) is -0.156. The second kappa shape index (κ2) is 9.82. The van der Waals surface area contributed by atoms with Crippen LogP contribution in [0.25, 0.3) is 0 Å². The third kappa shape index (κ3) is 5.47. The molecule has 0 aliphatic heterocycles. The molecule has 0 saturated heterocycles. The summed E-state index contributed by atoms with van der Waals surface area (Å²) in [6.45, 7) is 2.19. The monoisotopic (exact) mass is 507 g/mol. The van der Waals surface area contributed by atoms with Crippen LogP contribution in [-0.2, 0) is 13.3 Å². The molecule has 4 rings (SSSR count). The Bertz CT molecular complexity index is 1300. The molecule has 170 valence electrons. The maximum Gasteiger partial charge on any atom is 0.277 e. The zero-order chi connectivity index (χ0) is 23.5. The smallest absolute Gasteiger partial charge is 0.277 e. The van der Waals surface area contributed by atoms with Crippen molar-refractivity contribution in [3.8, 4) is 5.75 Å². The lowest BCUT2D eigenvalue weighted by molar-refractivity contribution is 0.101. The first-order chi connectivity index (χ1) is 15.8. The average Bonchev–Trinajstić information content (AvgIpc) is 3.36. The van der Waals surface area contributed by atoms with Gasteiger partial charge in [0.2, 0.25) is 0 Å². The maximum absolute atomic E-state index is 13.3. The Labute approximate surface area is 203 Å². The fourth-order valence-corrected chi connectivity index (χ4v) is 3.76. The molecular weight excluding hydrogens is 492 g/mol. The van der Waals surface area contributed by atoms with Crippen LogP contribution in [0, 0.1) is 12.7 Å². The highest BCUT2D eigenvalue weighted by Crippen LogP contribution is 2.32. The highest BCUT2D eigenvalue weighted by Gasteiger charge is 2.14. The molecule has 7 nitrogen and oxygen atoms in total. The lowest BCUT2D eigenvalue weighted by Gasteiger charge is -2.09. The van der Waals surface area contributed by atoms with Crippen LogP contribution in [0.1, 0.15) is 21.7 Å². The van der Waals surface area contributed by atoms with Crippen LogP contribution >= 0.6 is 34.8 Å². The van der Waals surface area contributed by atoms with Gasteiger partial charge in [-0.15, -0.1) is 0 Å². The molecule has 1 amide bonds. The van der Waals surface area contributed by atoms with E-state index < -0.39 is 11.7 Å². The number of nitrogens with zero attached hydrogens (tertiary/aromatic N) is 4. The summed E-state index contributed by atoms with van der Waals surface area (Å²) in [7, 11) is 0. The van der Waals surface area contributed by atoms with Gasteiger partial charge < -0.3 is 10.1 Å². The fraction of sp³-hybridized carbons (Fsp3) is 0.136. The van der Waals surface area contributed by atoms with Crippen molar-refractivity contribution < 1.29 is 13.9 Å². The van der Waals surface area contributed by atoms with Crippen molar-refractivity contribution in [2.24, 2.45) is 0 Å². The number of ether oxygens (including phenoxy) is 1. The molecule has 0 bridgehead atoms. The van der Waals surface area contributed by atoms with Gasteiger partial charge in [-0.05, 0) is 42.8 Å². The quantitative estimate of drug-likeness (QED) is 0.341. The number of aromatic nitrogens is 4. The van der Waals surface area contributed by atoms with Gasteiger partial charge in [0, 0.05) is 23.0 Å². The Morgan fingerprint density at radius 2 is 1.82 bits per heavy atom. The first-order valence-electron chi connectivity index (χ1n) is 9.70. The highest BCUT2D eigenvalue weighted by atomic mass is 35.5. The van der Waals surface area contributed by atoms with E-state index in [1.807, 2.05) is 6.92 Å². The number of aryl methyl sites for hydroxylation is 1. The number of nitrogens with one attached hydrogen (secondary N) is 1. The number of hydrogen-bond acceptors (Lipinski definition) is 4. The standard InChI is InChI=1S/C22H17Cl3FN5O2/c1-13-9-20(29-31(13)11-14-5-6-15(26)10-18(14)25)27-22(32)19-7-8-30(28-19)12-33-21-16(23)3-2-4-17(21)24/h2-10H,11-12H2,1H3,(H,27,29,32). The SMILES string of the molecule is Cc1cc(NC(=O)c2ccn(COc3c(Cl)cccc3Cl)n2)nn1Cc1ccc(F)cc1Cl. The lowest BCUT2D eigenvalue weighted by Crippen LogP contribution is -2.15. The summed E-state index contributed by atoms with van der Waals surface area (Å²) in [5, 5.41) is 12.4. The summed E-state index contributed by atoms with van der Waals surface area (Å²) >= 11 is 18.3. The van der Waals surface area contributed by atoms with Gasteiger partial charge in [0.1, 0.15) is 5.82 Å². The van der Waals surface area contributed by atoms with Crippen LogP contribution in [-0.4, -0.2) is 25.5 Å². The molecule has 0 unspecified atom stereocenters. The second-order valence-corrected chi connectivity index (χ2v) is 8.30. The maximum atomic E-state index is 13.3. The summed E-state index contributed by atoms with van der Waals surface area (Å²) < 4.78 is 22.0. The highest BCUT2D eigenvalue weighted by molar-refractivity contribution is 6.37. The number of rotatable bonds is 7. The molecule has 11 heteroatoms. The lowest BCUT2D eigenvalue weighted by atomic mass is 10.2. The van der Waals surface area contributed by atoms with Gasteiger partial charge in [-0.25, -0.2) is 9.07 Å². The number of carbonyl (C=O) groups is 1. The van der Waals surface area contributed by atoms with E-state index in [4.69, 9.17) is 39.5 Å². The van der Waals surface area contributed by atoms with Crippen LogP contribution < -0.4 is 10.1 Å². The summed E-state index contributed by atoms with van der Waals surface area (Å²) in [5.41, 5.74) is 1.68. The number of halogens is 4. The topological polar surface area (TPSA) is 74.0 Å². The zero-order valence-corrected chi connectivity index (χ0v) is 19.5. The first kappa shape index (κ1) is 23.1. The van der Waals surface area contributed by atoms with Gasteiger partial charge in [0.15, 0.2) is 24.0 Å². The third-order valence-electron chi connectivity index (χ3n) is 4.69. The van der Waals surface area contributed by atoms with Crippen molar-refractivity contribution >= 4 is 46.5 Å². The Kier molecular flexibility index (Phi) is 6.88. The number of hydrogen-bond donors (Lipinski definition) is 1. The van der Waals surface area contributed by atoms with Crippen molar-refractivity contribution in [1.29, 1.82) is 0 Å². The molecule has 0 saturated carbocycles. The molecule has 4 aromatic rings.